The van der Waals surface area contributed by atoms with E-state index in [2.05, 4.69) is 10.6 Å². The molecular weight excluding hydrogens is 444 g/mol. The monoisotopic (exact) mass is 472 g/mol. The Morgan fingerprint density at radius 1 is 0.886 bits per heavy atom. The van der Waals surface area contributed by atoms with Crippen molar-refractivity contribution >= 4 is 23.5 Å². The minimum absolute atomic E-state index is 0.278. The number of para-hydroxylation sites is 1. The van der Waals surface area contributed by atoms with Gasteiger partial charge < -0.3 is 20.5 Å². The van der Waals surface area contributed by atoms with Crippen LogP contribution in [0.15, 0.2) is 84.9 Å². The maximum absolute atomic E-state index is 13.2. The predicted molar refractivity (Wildman–Crippen MR) is 132 cm³/mol. The van der Waals surface area contributed by atoms with E-state index in [1.165, 1.54) is 0 Å². The molecule has 180 valence electrons. The van der Waals surface area contributed by atoms with Crippen molar-refractivity contribution in [2.45, 2.75) is 38.1 Å². The Bertz CT molecular complexity index is 1180. The fraction of sp³-hybridized carbons (Fsp3) is 0.250. The second-order valence-corrected chi connectivity index (χ2v) is 8.72. The number of hydrogen-bond donors (Lipinski definition) is 3. The summed E-state index contributed by atoms with van der Waals surface area (Å²) in [4.78, 5) is 37.9. The van der Waals surface area contributed by atoms with Crippen LogP contribution in [0.1, 0.15) is 31.2 Å². The van der Waals surface area contributed by atoms with Crippen molar-refractivity contribution in [1.82, 2.24) is 5.32 Å². The van der Waals surface area contributed by atoms with Crippen molar-refractivity contribution in [3.63, 3.8) is 0 Å². The van der Waals surface area contributed by atoms with Gasteiger partial charge >= 0.3 is 5.97 Å². The Balaban J connectivity index is 1.47. The largest absolute Gasteiger partial charge is 0.480 e. The van der Waals surface area contributed by atoms with Crippen LogP contribution in [0.4, 0.5) is 5.69 Å². The molecule has 7 heteroatoms. The van der Waals surface area contributed by atoms with E-state index in [0.29, 0.717) is 36.4 Å². The third-order valence-corrected chi connectivity index (χ3v) is 6.32. The van der Waals surface area contributed by atoms with E-state index in [1.807, 2.05) is 60.7 Å². The molecule has 1 saturated carbocycles. The van der Waals surface area contributed by atoms with E-state index < -0.39 is 29.2 Å². The number of anilines is 1. The van der Waals surface area contributed by atoms with Crippen molar-refractivity contribution < 1.29 is 24.2 Å². The molecular formula is C28H28N2O5. The summed E-state index contributed by atoms with van der Waals surface area (Å²) in [6.45, 7) is 0. The summed E-state index contributed by atoms with van der Waals surface area (Å²) in [7, 11) is 0. The number of carbonyl (C=O) groups excluding carboxylic acids is 2. The topological polar surface area (TPSA) is 105 Å². The smallest absolute Gasteiger partial charge is 0.319 e. The highest BCUT2D eigenvalue weighted by Gasteiger charge is 2.51. The molecule has 1 aliphatic rings. The average Bonchev–Trinajstić information content (AvgIpc) is 2.82. The first kappa shape index (κ1) is 24.0. The van der Waals surface area contributed by atoms with Crippen LogP contribution in [0.25, 0.3) is 0 Å². The predicted octanol–water partition coefficient (Wildman–Crippen LogP) is 4.79. The molecule has 1 unspecified atom stereocenters. The Hall–Kier alpha value is -4.13. The van der Waals surface area contributed by atoms with E-state index in [9.17, 15) is 19.5 Å². The molecule has 1 fully saturated rings. The minimum Gasteiger partial charge on any atom is -0.480 e. The first-order valence-corrected chi connectivity index (χ1v) is 11.7. The molecule has 7 nitrogen and oxygen atoms in total. The summed E-state index contributed by atoms with van der Waals surface area (Å²) in [6.07, 6.45) is 2.11. The molecule has 2 amide bonds. The molecule has 0 saturated heterocycles. The van der Waals surface area contributed by atoms with Gasteiger partial charge in [-0.05, 0) is 55.5 Å². The molecule has 35 heavy (non-hydrogen) atoms. The summed E-state index contributed by atoms with van der Waals surface area (Å²) >= 11 is 0. The highest BCUT2D eigenvalue weighted by atomic mass is 16.5. The number of carboxylic acid groups (broad SMARTS) is 1. The van der Waals surface area contributed by atoms with Crippen molar-refractivity contribution in [2.75, 3.05) is 5.32 Å². The lowest BCUT2D eigenvalue weighted by molar-refractivity contribution is -0.162. The van der Waals surface area contributed by atoms with Gasteiger partial charge in [0.05, 0.1) is 0 Å². The molecule has 0 heterocycles. The van der Waals surface area contributed by atoms with Gasteiger partial charge in [-0.2, -0.15) is 0 Å². The second-order valence-electron chi connectivity index (χ2n) is 8.72. The van der Waals surface area contributed by atoms with Crippen LogP contribution in [0, 0.1) is 5.41 Å². The lowest BCUT2D eigenvalue weighted by atomic mass is 9.68. The normalized spacial score (nSPS) is 14.7. The lowest BCUT2D eigenvalue weighted by Crippen LogP contribution is -2.55. The first-order chi connectivity index (χ1) is 17.0. The van der Waals surface area contributed by atoms with Crippen LogP contribution in [0.3, 0.4) is 0 Å². The van der Waals surface area contributed by atoms with E-state index in [4.69, 9.17) is 4.74 Å². The maximum Gasteiger partial charge on any atom is 0.319 e. The van der Waals surface area contributed by atoms with Gasteiger partial charge in [0.15, 0.2) is 0 Å². The molecule has 0 bridgehead atoms. The van der Waals surface area contributed by atoms with Crippen molar-refractivity contribution in [2.24, 2.45) is 5.41 Å². The highest BCUT2D eigenvalue weighted by Crippen LogP contribution is 2.41. The minimum atomic E-state index is -1.45. The SMILES string of the molecule is O=C(Nc1cccc(Oc2ccccc2)c1)C(CCc1ccccc1)NC(=O)C1(C(=O)O)CCC1. The van der Waals surface area contributed by atoms with E-state index in [0.717, 1.165) is 5.56 Å². The Morgan fingerprint density at radius 2 is 1.54 bits per heavy atom. The van der Waals surface area contributed by atoms with Crippen molar-refractivity contribution in [3.8, 4) is 11.5 Å². The van der Waals surface area contributed by atoms with Crippen LogP contribution in [-0.2, 0) is 20.8 Å². The summed E-state index contributed by atoms with van der Waals surface area (Å²) < 4.78 is 5.84. The zero-order valence-electron chi connectivity index (χ0n) is 19.3. The van der Waals surface area contributed by atoms with Gasteiger partial charge in [0, 0.05) is 11.8 Å². The number of rotatable bonds is 10. The maximum atomic E-state index is 13.2. The van der Waals surface area contributed by atoms with Gasteiger partial charge in [-0.3, -0.25) is 14.4 Å². The molecule has 1 atom stereocenters. The second kappa shape index (κ2) is 10.9. The van der Waals surface area contributed by atoms with Gasteiger partial charge in [-0.15, -0.1) is 0 Å². The van der Waals surface area contributed by atoms with Crippen LogP contribution < -0.4 is 15.4 Å². The standard InChI is InChI=1S/C28H28N2O5/c31-25(29-21-11-7-14-23(19-21)35-22-12-5-2-6-13-22)24(16-15-20-9-3-1-4-10-20)30-26(32)28(27(33)34)17-8-18-28/h1-7,9-14,19,24H,8,15-18H2,(H,29,31)(H,30,32)(H,33,34). The summed E-state index contributed by atoms with van der Waals surface area (Å²) in [5.41, 5.74) is 0.0859. The molecule has 0 spiro atoms. The number of benzene rings is 3. The fourth-order valence-electron chi connectivity index (χ4n) is 4.08. The zero-order chi connectivity index (χ0) is 24.7. The third-order valence-electron chi connectivity index (χ3n) is 6.32. The molecule has 3 N–H and O–H groups in total. The Labute approximate surface area is 204 Å². The number of ether oxygens (including phenoxy) is 1. The van der Waals surface area contributed by atoms with Gasteiger partial charge in [0.1, 0.15) is 23.0 Å². The number of nitrogens with one attached hydrogen (secondary N) is 2. The molecule has 0 radical (unpaired) electrons. The van der Waals surface area contributed by atoms with Crippen LogP contribution >= 0.6 is 0 Å². The number of carboxylic acids is 1. The first-order valence-electron chi connectivity index (χ1n) is 11.7. The number of carbonyl (C=O) groups is 3. The van der Waals surface area contributed by atoms with Crippen LogP contribution in [0.2, 0.25) is 0 Å². The highest BCUT2D eigenvalue weighted by molar-refractivity contribution is 6.05. The fourth-order valence-corrected chi connectivity index (χ4v) is 4.08. The van der Waals surface area contributed by atoms with E-state index in [-0.39, 0.29) is 12.8 Å². The summed E-state index contributed by atoms with van der Waals surface area (Å²) in [5.74, 6) is -0.938. The lowest BCUT2D eigenvalue weighted by Gasteiger charge is -2.37. The van der Waals surface area contributed by atoms with E-state index >= 15 is 0 Å². The van der Waals surface area contributed by atoms with E-state index in [1.54, 1.807) is 24.3 Å². The number of aryl methyl sites for hydroxylation is 1. The molecule has 4 rings (SSSR count). The zero-order valence-corrected chi connectivity index (χ0v) is 19.3. The third kappa shape index (κ3) is 5.87. The van der Waals surface area contributed by atoms with Gasteiger partial charge in [-0.25, -0.2) is 0 Å². The molecule has 0 aliphatic heterocycles. The van der Waals surface area contributed by atoms with Gasteiger partial charge in [0.2, 0.25) is 11.8 Å². The van der Waals surface area contributed by atoms with Gasteiger partial charge in [0.25, 0.3) is 0 Å². The van der Waals surface area contributed by atoms with Crippen molar-refractivity contribution in [3.05, 3.63) is 90.5 Å². The van der Waals surface area contributed by atoms with Crippen LogP contribution in [-0.4, -0.2) is 28.9 Å². The molecule has 3 aromatic carbocycles. The molecule has 0 aromatic heterocycles. The number of aliphatic carboxylic acids is 1. The van der Waals surface area contributed by atoms with Gasteiger partial charge in [-0.1, -0.05) is 61.0 Å². The van der Waals surface area contributed by atoms with Crippen molar-refractivity contribution in [1.29, 1.82) is 0 Å². The quantitative estimate of drug-likeness (QED) is 0.368. The number of hydrogen-bond acceptors (Lipinski definition) is 4. The molecule has 3 aromatic rings. The van der Waals surface area contributed by atoms with Crippen LogP contribution in [0.5, 0.6) is 11.5 Å². The Morgan fingerprint density at radius 3 is 2.17 bits per heavy atom. The Kier molecular flexibility index (Phi) is 7.45. The number of amides is 2. The average molecular weight is 473 g/mol. The summed E-state index contributed by atoms with van der Waals surface area (Å²) in [6, 6.07) is 25.0. The molecule has 1 aliphatic carbocycles. The summed E-state index contributed by atoms with van der Waals surface area (Å²) in [5, 5.41) is 15.2.